The molecule has 0 bridgehead atoms. The fraction of sp³-hybridized carbons (Fsp3) is 0.222. The van der Waals surface area contributed by atoms with E-state index >= 15 is 0 Å². The summed E-state index contributed by atoms with van der Waals surface area (Å²) >= 11 is 3.01. The normalized spacial score (nSPS) is 10.5. The minimum Gasteiger partial charge on any atom is -0.434 e. The Morgan fingerprint density at radius 1 is 1.53 bits per heavy atom. The molecule has 0 saturated heterocycles. The molecule has 15 heavy (non-hydrogen) atoms. The van der Waals surface area contributed by atoms with Crippen molar-refractivity contribution in [2.45, 2.75) is 13.5 Å². The van der Waals surface area contributed by atoms with E-state index in [0.29, 0.717) is 0 Å². The van der Waals surface area contributed by atoms with Gasteiger partial charge in [-0.25, -0.2) is 0 Å². The Kier molecular flexibility index (Phi) is 3.62. The van der Waals surface area contributed by atoms with Gasteiger partial charge in [-0.05, 0) is 35.0 Å². The average molecular weight is 280 g/mol. The van der Waals surface area contributed by atoms with Gasteiger partial charge in [0.25, 0.3) is 0 Å². The van der Waals surface area contributed by atoms with Crippen molar-refractivity contribution in [2.75, 3.05) is 5.73 Å². The van der Waals surface area contributed by atoms with E-state index in [1.807, 2.05) is 0 Å². The fourth-order valence-electron chi connectivity index (χ4n) is 1.06. The maximum atomic E-state index is 12.0. The number of carbonyl (C=O) groups excluding carboxylic acids is 1. The first-order valence-corrected chi connectivity index (χ1v) is 4.76. The quantitative estimate of drug-likeness (QED) is 0.684. The van der Waals surface area contributed by atoms with Crippen LogP contribution in [0.1, 0.15) is 17.3 Å². The molecule has 0 radical (unpaired) electrons. The molecule has 0 aromatic heterocycles. The van der Waals surface area contributed by atoms with Crippen LogP contribution in [0.15, 0.2) is 16.6 Å². The monoisotopic (exact) mass is 279 g/mol. The van der Waals surface area contributed by atoms with Gasteiger partial charge in [-0.15, -0.1) is 0 Å². The van der Waals surface area contributed by atoms with Crippen LogP contribution in [0.5, 0.6) is 5.75 Å². The highest BCUT2D eigenvalue weighted by atomic mass is 79.9. The highest BCUT2D eigenvalue weighted by Crippen LogP contribution is 2.31. The largest absolute Gasteiger partial charge is 0.434 e. The molecule has 1 aromatic rings. The van der Waals surface area contributed by atoms with E-state index in [9.17, 15) is 13.6 Å². The maximum Gasteiger partial charge on any atom is 0.387 e. The number of carbonyl (C=O) groups is 1. The molecule has 0 aliphatic rings. The number of ketones is 1. The molecule has 0 saturated carbocycles. The molecule has 82 valence electrons. The Bertz CT molecular complexity index is 396. The lowest BCUT2D eigenvalue weighted by atomic mass is 10.1. The number of hydrogen-bond donors (Lipinski definition) is 1. The van der Waals surface area contributed by atoms with Gasteiger partial charge < -0.3 is 10.5 Å². The summed E-state index contributed by atoms with van der Waals surface area (Å²) in [5, 5.41) is 0. The van der Waals surface area contributed by atoms with Crippen LogP contribution in [-0.4, -0.2) is 12.4 Å². The molecule has 0 spiro atoms. The van der Waals surface area contributed by atoms with Crippen LogP contribution in [-0.2, 0) is 0 Å². The number of rotatable bonds is 3. The second-order valence-corrected chi connectivity index (χ2v) is 3.66. The van der Waals surface area contributed by atoms with Gasteiger partial charge in [0.15, 0.2) is 5.78 Å². The summed E-state index contributed by atoms with van der Waals surface area (Å²) in [7, 11) is 0. The summed E-state index contributed by atoms with van der Waals surface area (Å²) in [6.07, 6.45) is 0. The summed E-state index contributed by atoms with van der Waals surface area (Å²) < 4.78 is 28.4. The number of ether oxygens (including phenoxy) is 1. The van der Waals surface area contributed by atoms with Gasteiger partial charge in [0.2, 0.25) is 0 Å². The molecule has 1 aromatic carbocycles. The second-order valence-electron chi connectivity index (χ2n) is 2.80. The summed E-state index contributed by atoms with van der Waals surface area (Å²) in [4.78, 5) is 11.1. The number of halogens is 3. The van der Waals surface area contributed by atoms with Crippen molar-refractivity contribution in [3.05, 3.63) is 22.2 Å². The van der Waals surface area contributed by atoms with Crippen LogP contribution in [0.2, 0.25) is 0 Å². The smallest absolute Gasteiger partial charge is 0.387 e. The van der Waals surface area contributed by atoms with Gasteiger partial charge in [0, 0.05) is 11.3 Å². The Hall–Kier alpha value is -1.17. The summed E-state index contributed by atoms with van der Waals surface area (Å²) in [5.74, 6) is -0.413. The molecule has 3 nitrogen and oxygen atoms in total. The SMILES string of the molecule is CC(=O)c1cc(OC(F)F)c(Br)cc1N. The van der Waals surface area contributed by atoms with Crippen LogP contribution >= 0.6 is 15.9 Å². The van der Waals surface area contributed by atoms with E-state index < -0.39 is 6.61 Å². The van der Waals surface area contributed by atoms with E-state index in [1.54, 1.807) is 0 Å². The average Bonchev–Trinajstić information content (AvgIpc) is 2.08. The van der Waals surface area contributed by atoms with Crippen LogP contribution in [0, 0.1) is 0 Å². The number of nitrogens with two attached hydrogens (primary N) is 1. The van der Waals surface area contributed by atoms with Crippen molar-refractivity contribution in [1.29, 1.82) is 0 Å². The molecule has 0 unspecified atom stereocenters. The number of anilines is 1. The topological polar surface area (TPSA) is 52.3 Å². The first kappa shape index (κ1) is 11.9. The molecular weight excluding hydrogens is 272 g/mol. The summed E-state index contributed by atoms with van der Waals surface area (Å²) in [6.45, 7) is -1.64. The standard InChI is InChI=1S/C9H8BrF2NO2/c1-4(14)5-2-8(15-9(11)12)6(10)3-7(5)13/h2-3,9H,13H2,1H3. The van der Waals surface area contributed by atoms with Gasteiger partial charge in [-0.2, -0.15) is 8.78 Å². The first-order valence-electron chi connectivity index (χ1n) is 3.96. The van der Waals surface area contributed by atoms with Crippen molar-refractivity contribution in [2.24, 2.45) is 0 Å². The minimum atomic E-state index is -2.94. The van der Waals surface area contributed by atoms with Crippen LogP contribution in [0.3, 0.4) is 0 Å². The molecule has 0 aliphatic carbocycles. The van der Waals surface area contributed by atoms with Crippen molar-refractivity contribution >= 4 is 27.4 Å². The molecular formula is C9H8BrF2NO2. The van der Waals surface area contributed by atoms with E-state index in [4.69, 9.17) is 5.73 Å². The number of hydrogen-bond acceptors (Lipinski definition) is 3. The molecule has 2 N–H and O–H groups in total. The fourth-order valence-corrected chi connectivity index (χ4v) is 1.51. The number of Topliss-reactive ketones (excluding diaryl/α,β-unsaturated/α-hetero) is 1. The predicted molar refractivity (Wildman–Crippen MR) is 55.2 cm³/mol. The minimum absolute atomic E-state index is 0.107. The van der Waals surface area contributed by atoms with E-state index in [0.717, 1.165) is 0 Å². The van der Waals surface area contributed by atoms with Gasteiger partial charge in [-0.1, -0.05) is 0 Å². The van der Waals surface area contributed by atoms with Gasteiger partial charge >= 0.3 is 6.61 Å². The maximum absolute atomic E-state index is 12.0. The Morgan fingerprint density at radius 3 is 2.60 bits per heavy atom. The van der Waals surface area contributed by atoms with E-state index in [-0.39, 0.29) is 27.3 Å². The third-order valence-corrected chi connectivity index (χ3v) is 2.32. The number of nitrogen functional groups attached to an aromatic ring is 1. The summed E-state index contributed by atoms with van der Waals surface area (Å²) in [5.41, 5.74) is 5.91. The van der Waals surface area contributed by atoms with Crippen molar-refractivity contribution in [1.82, 2.24) is 0 Å². The van der Waals surface area contributed by atoms with Crippen molar-refractivity contribution < 1.29 is 18.3 Å². The lowest BCUT2D eigenvalue weighted by Crippen LogP contribution is -2.06. The second kappa shape index (κ2) is 4.57. The first-order chi connectivity index (χ1) is 6.91. The van der Waals surface area contributed by atoms with Crippen molar-refractivity contribution in [3.63, 3.8) is 0 Å². The van der Waals surface area contributed by atoms with Crippen LogP contribution in [0.25, 0.3) is 0 Å². The van der Waals surface area contributed by atoms with Gasteiger partial charge in [0.1, 0.15) is 5.75 Å². The summed E-state index contributed by atoms with van der Waals surface area (Å²) in [6, 6.07) is 2.54. The van der Waals surface area contributed by atoms with Crippen LogP contribution in [0.4, 0.5) is 14.5 Å². The zero-order valence-electron chi connectivity index (χ0n) is 7.76. The Balaban J connectivity index is 3.17. The third-order valence-electron chi connectivity index (χ3n) is 1.70. The molecule has 0 amide bonds. The van der Waals surface area contributed by atoms with Gasteiger partial charge in [-0.3, -0.25) is 4.79 Å². The van der Waals surface area contributed by atoms with Gasteiger partial charge in [0.05, 0.1) is 4.47 Å². The zero-order valence-corrected chi connectivity index (χ0v) is 9.35. The molecule has 0 heterocycles. The Morgan fingerprint density at radius 2 is 2.13 bits per heavy atom. The zero-order chi connectivity index (χ0) is 11.6. The highest BCUT2D eigenvalue weighted by molar-refractivity contribution is 9.10. The Labute approximate surface area is 93.3 Å². The lowest BCUT2D eigenvalue weighted by Gasteiger charge is -2.09. The predicted octanol–water partition coefficient (Wildman–Crippen LogP) is 2.84. The van der Waals surface area contributed by atoms with Crippen LogP contribution < -0.4 is 10.5 Å². The van der Waals surface area contributed by atoms with E-state index in [1.165, 1.54) is 19.1 Å². The number of benzene rings is 1. The third kappa shape index (κ3) is 2.89. The molecule has 0 atom stereocenters. The number of alkyl halides is 2. The molecule has 0 fully saturated rings. The highest BCUT2D eigenvalue weighted by Gasteiger charge is 2.13. The lowest BCUT2D eigenvalue weighted by molar-refractivity contribution is -0.0503. The molecule has 0 aliphatic heterocycles. The van der Waals surface area contributed by atoms with Crippen molar-refractivity contribution in [3.8, 4) is 5.75 Å². The molecule has 1 rings (SSSR count). The molecule has 6 heteroatoms. The van der Waals surface area contributed by atoms with E-state index in [2.05, 4.69) is 20.7 Å².